The predicted octanol–water partition coefficient (Wildman–Crippen LogP) is 1.64. The number of nitrogens with zero attached hydrogens (tertiary/aromatic N) is 1. The topological polar surface area (TPSA) is 40.5 Å². The van der Waals surface area contributed by atoms with E-state index in [2.05, 4.69) is 0 Å². The maximum Gasteiger partial charge on any atom is 0.257 e. The van der Waals surface area contributed by atoms with E-state index >= 15 is 0 Å². The van der Waals surface area contributed by atoms with Gasteiger partial charge in [0.15, 0.2) is 0 Å². The maximum absolute atomic E-state index is 13.4. The molecule has 1 aromatic carbocycles. The van der Waals surface area contributed by atoms with Crippen LogP contribution in [0.15, 0.2) is 18.2 Å². The third kappa shape index (κ3) is 2.20. The van der Waals surface area contributed by atoms with Gasteiger partial charge in [-0.05, 0) is 47.7 Å². The zero-order valence-electron chi connectivity index (χ0n) is 8.70. The van der Waals surface area contributed by atoms with Crippen LogP contribution in [0.1, 0.15) is 17.3 Å². The van der Waals surface area contributed by atoms with E-state index in [9.17, 15) is 14.3 Å². The van der Waals surface area contributed by atoms with Crippen LogP contribution in [0.25, 0.3) is 0 Å². The maximum atomic E-state index is 13.4. The van der Waals surface area contributed by atoms with Gasteiger partial charge < -0.3 is 10.0 Å². The van der Waals surface area contributed by atoms with E-state index in [0.29, 0.717) is 0 Å². The largest absolute Gasteiger partial charge is 0.386 e. The van der Waals surface area contributed by atoms with Crippen LogP contribution in [0.2, 0.25) is 0 Å². The van der Waals surface area contributed by atoms with Crippen molar-refractivity contribution < 1.29 is 14.3 Å². The molecule has 0 aromatic heterocycles. The second-order valence-electron chi connectivity index (χ2n) is 4.28. The Morgan fingerprint density at radius 3 is 2.75 bits per heavy atom. The molecule has 16 heavy (non-hydrogen) atoms. The van der Waals surface area contributed by atoms with Gasteiger partial charge in [-0.15, -0.1) is 0 Å². The molecule has 1 saturated heterocycles. The summed E-state index contributed by atoms with van der Waals surface area (Å²) in [4.78, 5) is 13.3. The molecule has 1 aromatic rings. The second-order valence-corrected chi connectivity index (χ2v) is 5.53. The number of carbonyl (C=O) groups is 1. The van der Waals surface area contributed by atoms with Crippen molar-refractivity contribution in [2.45, 2.75) is 12.5 Å². The van der Waals surface area contributed by atoms with Gasteiger partial charge in [0.05, 0.1) is 24.3 Å². The third-order valence-electron chi connectivity index (χ3n) is 2.51. The molecular weight excluding hydrogens is 324 g/mol. The van der Waals surface area contributed by atoms with Crippen LogP contribution in [-0.2, 0) is 0 Å². The highest BCUT2D eigenvalue weighted by molar-refractivity contribution is 14.1. The Morgan fingerprint density at radius 2 is 2.19 bits per heavy atom. The Labute approximate surface area is 106 Å². The number of rotatable bonds is 1. The quantitative estimate of drug-likeness (QED) is 0.793. The van der Waals surface area contributed by atoms with Crippen molar-refractivity contribution in [1.29, 1.82) is 0 Å². The fraction of sp³-hybridized carbons (Fsp3) is 0.364. The molecule has 1 aliphatic heterocycles. The molecule has 1 amide bonds. The normalized spacial score (nSPS) is 18.1. The summed E-state index contributed by atoms with van der Waals surface area (Å²) in [5.74, 6) is -0.875. The number of amides is 1. The third-order valence-corrected chi connectivity index (χ3v) is 3.18. The lowest BCUT2D eigenvalue weighted by molar-refractivity contribution is -0.0670. The molecule has 0 saturated carbocycles. The van der Waals surface area contributed by atoms with Crippen molar-refractivity contribution in [2.75, 3.05) is 13.1 Å². The molecule has 1 heterocycles. The van der Waals surface area contributed by atoms with Gasteiger partial charge in [0.25, 0.3) is 5.91 Å². The zero-order chi connectivity index (χ0) is 11.9. The first-order valence-corrected chi connectivity index (χ1v) is 5.94. The number of aliphatic hydroxyl groups is 1. The zero-order valence-corrected chi connectivity index (χ0v) is 10.9. The smallest absolute Gasteiger partial charge is 0.257 e. The summed E-state index contributed by atoms with van der Waals surface area (Å²) < 4.78 is 14.2. The van der Waals surface area contributed by atoms with Crippen molar-refractivity contribution in [3.8, 4) is 0 Å². The van der Waals surface area contributed by atoms with E-state index < -0.39 is 11.4 Å². The van der Waals surface area contributed by atoms with E-state index in [4.69, 9.17) is 0 Å². The minimum atomic E-state index is -0.825. The first-order chi connectivity index (χ1) is 7.39. The number of carbonyl (C=O) groups excluding carboxylic acids is 1. The summed E-state index contributed by atoms with van der Waals surface area (Å²) in [5, 5.41) is 9.51. The van der Waals surface area contributed by atoms with Crippen LogP contribution in [0.5, 0.6) is 0 Å². The van der Waals surface area contributed by atoms with Gasteiger partial charge >= 0.3 is 0 Å². The molecule has 0 unspecified atom stereocenters. The van der Waals surface area contributed by atoms with Crippen LogP contribution < -0.4 is 0 Å². The highest BCUT2D eigenvalue weighted by Gasteiger charge is 2.40. The summed E-state index contributed by atoms with van der Waals surface area (Å²) in [6.07, 6.45) is 0. The predicted molar refractivity (Wildman–Crippen MR) is 65.6 cm³/mol. The first kappa shape index (κ1) is 11.8. The van der Waals surface area contributed by atoms with Crippen molar-refractivity contribution in [1.82, 2.24) is 4.90 Å². The summed E-state index contributed by atoms with van der Waals surface area (Å²) in [6.45, 7) is 2.18. The number of hydrogen-bond acceptors (Lipinski definition) is 2. The highest BCUT2D eigenvalue weighted by atomic mass is 127. The van der Waals surface area contributed by atoms with E-state index in [1.807, 2.05) is 22.6 Å². The molecule has 3 nitrogen and oxygen atoms in total. The number of benzene rings is 1. The molecule has 0 spiro atoms. The number of hydrogen-bond donors (Lipinski definition) is 1. The monoisotopic (exact) mass is 335 g/mol. The molecule has 0 aliphatic carbocycles. The Hall–Kier alpha value is -0.690. The van der Waals surface area contributed by atoms with E-state index in [0.717, 1.165) is 3.57 Å². The summed E-state index contributed by atoms with van der Waals surface area (Å²) in [5.41, 5.74) is -0.754. The molecule has 0 bridgehead atoms. The van der Waals surface area contributed by atoms with Gasteiger partial charge in [-0.25, -0.2) is 4.39 Å². The molecule has 0 radical (unpaired) electrons. The number of halogens is 2. The average molecular weight is 335 g/mol. The van der Waals surface area contributed by atoms with Crippen molar-refractivity contribution >= 4 is 28.5 Å². The number of β-amino-alcohol motifs (C(OH)–C–C–N with tert-alkyl or cyclic N) is 1. The number of likely N-dealkylation sites (tertiary alicyclic amines) is 1. The Bertz CT molecular complexity index is 440. The SMILES string of the molecule is CC1(O)CN(C(=O)c2cc(I)ccc2F)C1. The van der Waals surface area contributed by atoms with Gasteiger partial charge in [0.2, 0.25) is 0 Å². The van der Waals surface area contributed by atoms with Crippen molar-refractivity contribution in [3.05, 3.63) is 33.1 Å². The molecular formula is C11H11FINO2. The van der Waals surface area contributed by atoms with Gasteiger partial charge in [0.1, 0.15) is 5.82 Å². The molecule has 1 aliphatic rings. The lowest BCUT2D eigenvalue weighted by Gasteiger charge is -2.44. The fourth-order valence-corrected chi connectivity index (χ4v) is 2.24. The Morgan fingerprint density at radius 1 is 1.56 bits per heavy atom. The minimum absolute atomic E-state index is 0.0717. The Balaban J connectivity index is 2.19. The van der Waals surface area contributed by atoms with Crippen LogP contribution >= 0.6 is 22.6 Å². The molecule has 1 N–H and O–H groups in total. The van der Waals surface area contributed by atoms with Crippen LogP contribution in [0, 0.1) is 9.39 Å². The lowest BCUT2D eigenvalue weighted by Crippen LogP contribution is -2.61. The van der Waals surface area contributed by atoms with E-state index in [1.54, 1.807) is 13.0 Å². The van der Waals surface area contributed by atoms with Crippen LogP contribution in [0.3, 0.4) is 0 Å². The van der Waals surface area contributed by atoms with Gasteiger partial charge in [0, 0.05) is 3.57 Å². The van der Waals surface area contributed by atoms with Gasteiger partial charge in [-0.2, -0.15) is 0 Å². The summed E-state index contributed by atoms with van der Waals surface area (Å²) >= 11 is 2.03. The minimum Gasteiger partial charge on any atom is -0.386 e. The van der Waals surface area contributed by atoms with Crippen LogP contribution in [0.4, 0.5) is 4.39 Å². The molecule has 2 rings (SSSR count). The summed E-state index contributed by atoms with van der Waals surface area (Å²) in [6, 6.07) is 4.41. The van der Waals surface area contributed by atoms with Crippen molar-refractivity contribution in [3.63, 3.8) is 0 Å². The second kappa shape index (κ2) is 3.96. The summed E-state index contributed by atoms with van der Waals surface area (Å²) in [7, 11) is 0. The van der Waals surface area contributed by atoms with Crippen LogP contribution in [-0.4, -0.2) is 34.6 Å². The van der Waals surface area contributed by atoms with E-state index in [-0.39, 0.29) is 24.6 Å². The first-order valence-electron chi connectivity index (χ1n) is 4.86. The average Bonchev–Trinajstić information content (AvgIpc) is 2.17. The lowest BCUT2D eigenvalue weighted by atomic mass is 9.96. The molecule has 86 valence electrons. The van der Waals surface area contributed by atoms with E-state index in [1.165, 1.54) is 17.0 Å². The van der Waals surface area contributed by atoms with Gasteiger partial charge in [-0.1, -0.05) is 0 Å². The Kier molecular flexibility index (Phi) is 2.91. The fourth-order valence-electron chi connectivity index (χ4n) is 1.75. The standard InChI is InChI=1S/C11H11FINO2/c1-11(16)5-14(6-11)10(15)8-4-7(13)2-3-9(8)12/h2-4,16H,5-6H2,1H3. The molecule has 0 atom stereocenters. The van der Waals surface area contributed by atoms with Crippen molar-refractivity contribution in [2.24, 2.45) is 0 Å². The molecule has 1 fully saturated rings. The highest BCUT2D eigenvalue weighted by Crippen LogP contribution is 2.23. The van der Waals surface area contributed by atoms with Gasteiger partial charge in [-0.3, -0.25) is 4.79 Å². The molecule has 5 heteroatoms.